The minimum atomic E-state index is -1.05. The fourth-order valence-electron chi connectivity index (χ4n) is 1.45. The van der Waals surface area contributed by atoms with Crippen molar-refractivity contribution in [1.82, 2.24) is 4.90 Å². The number of carboxylic acid groups (broad SMARTS) is 2. The Morgan fingerprint density at radius 2 is 1.61 bits per heavy atom. The number of benzene rings is 1. The highest BCUT2D eigenvalue weighted by atomic mass is 79.9. The van der Waals surface area contributed by atoms with E-state index in [9.17, 15) is 9.59 Å². The summed E-state index contributed by atoms with van der Waals surface area (Å²) in [5.41, 5.74) is 0.840. The van der Waals surface area contributed by atoms with Gasteiger partial charge in [0, 0.05) is 15.5 Å². The van der Waals surface area contributed by atoms with Gasteiger partial charge in [0.15, 0.2) is 0 Å². The average Bonchev–Trinajstić information content (AvgIpc) is 2.21. The first-order chi connectivity index (χ1) is 8.38. The van der Waals surface area contributed by atoms with Gasteiger partial charge in [-0.15, -0.1) is 0 Å². The van der Waals surface area contributed by atoms with Crippen molar-refractivity contribution in [2.24, 2.45) is 0 Å². The molecule has 0 heterocycles. The predicted octanol–water partition coefficient (Wildman–Crippen LogP) is 2.18. The van der Waals surface area contributed by atoms with Crippen LogP contribution in [-0.4, -0.2) is 40.1 Å². The maximum Gasteiger partial charge on any atom is 0.317 e. The Bertz CT molecular complexity index is 448. The van der Waals surface area contributed by atoms with E-state index in [2.05, 4.69) is 31.9 Å². The molecule has 0 aliphatic rings. The quantitative estimate of drug-likeness (QED) is 0.790. The van der Waals surface area contributed by atoms with Crippen LogP contribution in [0.1, 0.15) is 5.56 Å². The Morgan fingerprint density at radius 3 is 2.06 bits per heavy atom. The standard InChI is InChI=1S/C11H11Br2NO4/c12-8-2-1-7(3-9(8)13)4-14(5-10(15)16)6-11(17)18/h1-3H,4-6H2,(H,15,16)(H,17,18). The number of nitrogens with zero attached hydrogens (tertiary/aromatic N) is 1. The summed E-state index contributed by atoms with van der Waals surface area (Å²) in [5, 5.41) is 17.4. The number of aliphatic carboxylic acids is 2. The number of hydrogen-bond donors (Lipinski definition) is 2. The van der Waals surface area contributed by atoms with Gasteiger partial charge in [-0.25, -0.2) is 0 Å². The summed E-state index contributed by atoms with van der Waals surface area (Å²) >= 11 is 6.67. The molecule has 0 spiro atoms. The van der Waals surface area contributed by atoms with Crippen molar-refractivity contribution in [1.29, 1.82) is 0 Å². The lowest BCUT2D eigenvalue weighted by molar-refractivity contribution is -0.142. The van der Waals surface area contributed by atoms with Gasteiger partial charge in [0.2, 0.25) is 0 Å². The van der Waals surface area contributed by atoms with Crippen LogP contribution in [0.25, 0.3) is 0 Å². The third-order valence-electron chi connectivity index (χ3n) is 2.11. The molecule has 2 N–H and O–H groups in total. The average molecular weight is 381 g/mol. The second-order valence-electron chi connectivity index (χ2n) is 3.68. The minimum absolute atomic E-state index is 0.268. The third kappa shape index (κ3) is 5.16. The summed E-state index contributed by atoms with van der Waals surface area (Å²) < 4.78 is 1.72. The normalized spacial score (nSPS) is 10.6. The smallest absolute Gasteiger partial charge is 0.317 e. The molecule has 5 nitrogen and oxygen atoms in total. The molecule has 7 heteroatoms. The number of rotatable bonds is 6. The van der Waals surface area contributed by atoms with Crippen LogP contribution in [0.3, 0.4) is 0 Å². The molecule has 1 rings (SSSR count). The lowest BCUT2D eigenvalue weighted by atomic mass is 10.2. The monoisotopic (exact) mass is 379 g/mol. The SMILES string of the molecule is O=C(O)CN(CC(=O)O)Cc1ccc(Br)c(Br)c1. The Balaban J connectivity index is 2.77. The number of halogens is 2. The molecule has 0 atom stereocenters. The van der Waals surface area contributed by atoms with Crippen molar-refractivity contribution >= 4 is 43.8 Å². The van der Waals surface area contributed by atoms with E-state index in [0.717, 1.165) is 14.5 Å². The molecule has 0 saturated heterocycles. The van der Waals surface area contributed by atoms with Gasteiger partial charge < -0.3 is 10.2 Å². The number of carbonyl (C=O) groups is 2. The van der Waals surface area contributed by atoms with Gasteiger partial charge in [-0.1, -0.05) is 6.07 Å². The van der Waals surface area contributed by atoms with E-state index in [0.29, 0.717) is 0 Å². The van der Waals surface area contributed by atoms with E-state index in [1.165, 1.54) is 4.90 Å². The van der Waals surface area contributed by atoms with Gasteiger partial charge in [0.1, 0.15) is 0 Å². The van der Waals surface area contributed by atoms with Crippen LogP contribution in [-0.2, 0) is 16.1 Å². The largest absolute Gasteiger partial charge is 0.480 e. The molecule has 0 bridgehead atoms. The Labute approximate surface area is 121 Å². The molecule has 0 unspecified atom stereocenters. The summed E-state index contributed by atoms with van der Waals surface area (Å²) in [6.45, 7) is -0.343. The first-order valence-electron chi connectivity index (χ1n) is 4.98. The minimum Gasteiger partial charge on any atom is -0.480 e. The molecule has 0 aliphatic carbocycles. The van der Waals surface area contributed by atoms with Gasteiger partial charge in [-0.05, 0) is 49.6 Å². The zero-order chi connectivity index (χ0) is 13.7. The van der Waals surface area contributed by atoms with E-state index < -0.39 is 11.9 Å². The van der Waals surface area contributed by atoms with Gasteiger partial charge >= 0.3 is 11.9 Å². The summed E-state index contributed by atoms with van der Waals surface area (Å²) in [5.74, 6) is -2.10. The van der Waals surface area contributed by atoms with E-state index in [4.69, 9.17) is 10.2 Å². The van der Waals surface area contributed by atoms with E-state index in [-0.39, 0.29) is 19.6 Å². The lowest BCUT2D eigenvalue weighted by Gasteiger charge is -2.18. The van der Waals surface area contributed by atoms with E-state index in [1.807, 2.05) is 18.2 Å². The lowest BCUT2D eigenvalue weighted by Crippen LogP contribution is -2.33. The van der Waals surface area contributed by atoms with Crippen LogP contribution in [0.2, 0.25) is 0 Å². The van der Waals surface area contributed by atoms with Crippen molar-refractivity contribution < 1.29 is 19.8 Å². The molecule has 98 valence electrons. The molecular formula is C11H11Br2NO4. The molecular weight excluding hydrogens is 370 g/mol. The van der Waals surface area contributed by atoms with Gasteiger partial charge in [-0.2, -0.15) is 0 Å². The Hall–Kier alpha value is -0.920. The highest BCUT2D eigenvalue weighted by molar-refractivity contribution is 9.13. The first-order valence-corrected chi connectivity index (χ1v) is 6.57. The Kier molecular flexibility index (Phi) is 5.77. The van der Waals surface area contributed by atoms with Crippen molar-refractivity contribution in [3.05, 3.63) is 32.7 Å². The van der Waals surface area contributed by atoms with Gasteiger partial charge in [-0.3, -0.25) is 14.5 Å². The molecule has 0 aromatic heterocycles. The van der Waals surface area contributed by atoms with Gasteiger partial charge in [0.25, 0.3) is 0 Å². The number of hydrogen-bond acceptors (Lipinski definition) is 3. The summed E-state index contributed by atoms with van der Waals surface area (Å²) in [4.78, 5) is 22.6. The van der Waals surface area contributed by atoms with Crippen LogP contribution >= 0.6 is 31.9 Å². The Morgan fingerprint density at radius 1 is 1.06 bits per heavy atom. The van der Waals surface area contributed by atoms with Crippen LogP contribution in [0.15, 0.2) is 27.1 Å². The first kappa shape index (κ1) is 15.1. The van der Waals surface area contributed by atoms with E-state index >= 15 is 0 Å². The second kappa shape index (κ2) is 6.86. The van der Waals surface area contributed by atoms with Gasteiger partial charge in [0.05, 0.1) is 13.1 Å². The van der Waals surface area contributed by atoms with Crippen LogP contribution < -0.4 is 0 Å². The molecule has 1 aromatic carbocycles. The molecule has 1 aromatic rings. The topological polar surface area (TPSA) is 77.8 Å². The number of carboxylic acids is 2. The molecule has 0 aliphatic heterocycles. The van der Waals surface area contributed by atoms with Crippen LogP contribution in [0.4, 0.5) is 0 Å². The third-order valence-corrected chi connectivity index (χ3v) is 3.99. The van der Waals surface area contributed by atoms with Crippen molar-refractivity contribution in [3.63, 3.8) is 0 Å². The van der Waals surface area contributed by atoms with Crippen molar-refractivity contribution in [2.75, 3.05) is 13.1 Å². The maximum atomic E-state index is 10.7. The zero-order valence-electron chi connectivity index (χ0n) is 9.27. The van der Waals surface area contributed by atoms with Crippen molar-refractivity contribution in [3.8, 4) is 0 Å². The molecule has 0 saturated carbocycles. The fraction of sp³-hybridized carbons (Fsp3) is 0.273. The molecule has 0 fully saturated rings. The second-order valence-corrected chi connectivity index (χ2v) is 5.39. The van der Waals surface area contributed by atoms with Crippen LogP contribution in [0.5, 0.6) is 0 Å². The molecule has 0 radical (unpaired) electrons. The van der Waals surface area contributed by atoms with Crippen LogP contribution in [0, 0.1) is 0 Å². The van der Waals surface area contributed by atoms with E-state index in [1.54, 1.807) is 0 Å². The predicted molar refractivity (Wildman–Crippen MR) is 72.4 cm³/mol. The van der Waals surface area contributed by atoms with Crippen molar-refractivity contribution in [2.45, 2.75) is 6.54 Å². The zero-order valence-corrected chi connectivity index (χ0v) is 12.4. The fourth-order valence-corrected chi connectivity index (χ4v) is 2.12. The highest BCUT2D eigenvalue weighted by Gasteiger charge is 2.14. The molecule has 18 heavy (non-hydrogen) atoms. The molecule has 0 amide bonds. The summed E-state index contributed by atoms with van der Waals surface area (Å²) in [7, 11) is 0. The summed E-state index contributed by atoms with van der Waals surface area (Å²) in [6, 6.07) is 5.45. The maximum absolute atomic E-state index is 10.7. The highest BCUT2D eigenvalue weighted by Crippen LogP contribution is 2.24. The summed E-state index contributed by atoms with van der Waals surface area (Å²) in [6.07, 6.45) is 0.